The van der Waals surface area contributed by atoms with Crippen molar-refractivity contribution in [1.82, 2.24) is 9.55 Å². The normalized spacial score (nSPS) is 11.8. The van der Waals surface area contributed by atoms with Gasteiger partial charge in [-0.3, -0.25) is 4.79 Å². The SMILES string of the molecule is COCCCCn1c(C(C)(C)C)cnc1SCC(=O)O. The van der Waals surface area contributed by atoms with Gasteiger partial charge in [-0.15, -0.1) is 0 Å². The molecule has 0 spiro atoms. The molecule has 1 aromatic heterocycles. The number of hydrogen-bond acceptors (Lipinski definition) is 4. The van der Waals surface area contributed by atoms with Crippen LogP contribution in [0.25, 0.3) is 0 Å². The molecular formula is C14H24N2O3S. The number of aliphatic carboxylic acids is 1. The number of carboxylic acids is 1. The van der Waals surface area contributed by atoms with E-state index in [0.717, 1.165) is 36.8 Å². The molecule has 5 nitrogen and oxygen atoms in total. The van der Waals surface area contributed by atoms with Crippen LogP contribution >= 0.6 is 11.8 Å². The van der Waals surface area contributed by atoms with Crippen molar-refractivity contribution in [3.05, 3.63) is 11.9 Å². The highest BCUT2D eigenvalue weighted by Gasteiger charge is 2.21. The molecule has 0 aliphatic rings. The van der Waals surface area contributed by atoms with Crippen LogP contribution in [0.2, 0.25) is 0 Å². The van der Waals surface area contributed by atoms with Crippen LogP contribution in [0.4, 0.5) is 0 Å². The third-order valence-electron chi connectivity index (χ3n) is 2.89. The number of methoxy groups -OCH3 is 1. The van der Waals surface area contributed by atoms with E-state index in [1.165, 1.54) is 11.8 Å². The summed E-state index contributed by atoms with van der Waals surface area (Å²) in [5, 5.41) is 9.59. The van der Waals surface area contributed by atoms with Crippen LogP contribution in [0.3, 0.4) is 0 Å². The van der Waals surface area contributed by atoms with Crippen molar-refractivity contribution in [2.24, 2.45) is 0 Å². The van der Waals surface area contributed by atoms with Gasteiger partial charge in [0.05, 0.1) is 5.75 Å². The highest BCUT2D eigenvalue weighted by Crippen LogP contribution is 2.27. The van der Waals surface area contributed by atoms with Gasteiger partial charge in [-0.25, -0.2) is 4.98 Å². The molecule has 0 aromatic carbocycles. The first kappa shape index (κ1) is 17.0. The third-order valence-corrected chi connectivity index (χ3v) is 3.87. The van der Waals surface area contributed by atoms with Crippen molar-refractivity contribution in [1.29, 1.82) is 0 Å². The van der Waals surface area contributed by atoms with E-state index in [2.05, 4.69) is 30.3 Å². The molecule has 6 heteroatoms. The quantitative estimate of drug-likeness (QED) is 0.591. The van der Waals surface area contributed by atoms with Gasteiger partial charge < -0.3 is 14.4 Å². The number of nitrogens with zero attached hydrogens (tertiary/aromatic N) is 2. The Bertz CT molecular complexity index is 438. The van der Waals surface area contributed by atoms with E-state index in [0.29, 0.717) is 0 Å². The second-order valence-corrected chi connectivity index (χ2v) is 6.65. The summed E-state index contributed by atoms with van der Waals surface area (Å²) < 4.78 is 7.20. The number of thioether (sulfide) groups is 1. The number of hydrogen-bond donors (Lipinski definition) is 1. The molecule has 0 saturated heterocycles. The summed E-state index contributed by atoms with van der Waals surface area (Å²) in [6, 6.07) is 0. The lowest BCUT2D eigenvalue weighted by Gasteiger charge is -2.21. The molecule has 1 rings (SSSR count). The Morgan fingerprint density at radius 3 is 2.70 bits per heavy atom. The van der Waals surface area contributed by atoms with Gasteiger partial charge in [0, 0.05) is 37.6 Å². The molecule has 0 fully saturated rings. The van der Waals surface area contributed by atoms with Gasteiger partial charge >= 0.3 is 5.97 Å². The Hall–Kier alpha value is -1.01. The van der Waals surface area contributed by atoms with E-state index in [1.807, 2.05) is 6.20 Å². The van der Waals surface area contributed by atoms with Crippen molar-refractivity contribution in [3.8, 4) is 0 Å². The molecule has 0 radical (unpaired) electrons. The van der Waals surface area contributed by atoms with E-state index in [-0.39, 0.29) is 11.2 Å². The van der Waals surface area contributed by atoms with Crippen LogP contribution in [-0.4, -0.2) is 40.1 Å². The Labute approximate surface area is 124 Å². The molecule has 114 valence electrons. The molecular weight excluding hydrogens is 276 g/mol. The largest absolute Gasteiger partial charge is 0.481 e. The van der Waals surface area contributed by atoms with E-state index >= 15 is 0 Å². The van der Waals surface area contributed by atoms with Crippen LogP contribution in [-0.2, 0) is 21.5 Å². The van der Waals surface area contributed by atoms with Crippen LogP contribution in [0.5, 0.6) is 0 Å². The highest BCUT2D eigenvalue weighted by molar-refractivity contribution is 7.99. The Morgan fingerprint density at radius 2 is 2.15 bits per heavy atom. The van der Waals surface area contributed by atoms with Crippen LogP contribution < -0.4 is 0 Å². The number of carbonyl (C=O) groups is 1. The fourth-order valence-corrected chi connectivity index (χ4v) is 2.66. The minimum Gasteiger partial charge on any atom is -0.481 e. The van der Waals surface area contributed by atoms with Gasteiger partial charge in [-0.1, -0.05) is 32.5 Å². The number of ether oxygens (including phenoxy) is 1. The van der Waals surface area contributed by atoms with Crippen LogP contribution in [0.1, 0.15) is 39.3 Å². The smallest absolute Gasteiger partial charge is 0.313 e. The number of rotatable bonds is 8. The predicted octanol–water partition coefficient (Wildman–Crippen LogP) is 2.78. The van der Waals surface area contributed by atoms with E-state index < -0.39 is 5.97 Å². The number of unbranched alkanes of at least 4 members (excludes halogenated alkanes) is 1. The van der Waals surface area contributed by atoms with Gasteiger partial charge in [-0.2, -0.15) is 0 Å². The number of carboxylic acid groups (broad SMARTS) is 1. The van der Waals surface area contributed by atoms with Gasteiger partial charge in [0.2, 0.25) is 0 Å². The van der Waals surface area contributed by atoms with Crippen LogP contribution in [0.15, 0.2) is 11.4 Å². The molecule has 0 saturated carbocycles. The highest BCUT2D eigenvalue weighted by atomic mass is 32.2. The first-order valence-corrected chi connectivity index (χ1v) is 7.74. The van der Waals surface area contributed by atoms with Crippen molar-refractivity contribution < 1.29 is 14.6 Å². The van der Waals surface area contributed by atoms with E-state index in [4.69, 9.17) is 9.84 Å². The Morgan fingerprint density at radius 1 is 1.45 bits per heavy atom. The molecule has 0 atom stereocenters. The maximum atomic E-state index is 10.7. The molecule has 1 heterocycles. The lowest BCUT2D eigenvalue weighted by atomic mass is 9.92. The number of aromatic nitrogens is 2. The maximum Gasteiger partial charge on any atom is 0.313 e. The monoisotopic (exact) mass is 300 g/mol. The van der Waals surface area contributed by atoms with Gasteiger partial charge in [0.1, 0.15) is 0 Å². The lowest BCUT2D eigenvalue weighted by molar-refractivity contribution is -0.133. The zero-order valence-corrected chi connectivity index (χ0v) is 13.5. The average molecular weight is 300 g/mol. The zero-order chi connectivity index (χ0) is 15.2. The molecule has 0 unspecified atom stereocenters. The standard InChI is InChI=1S/C14H24N2O3S/c1-14(2,3)11-9-15-13(20-10-12(17)18)16(11)7-5-6-8-19-4/h9H,5-8,10H2,1-4H3,(H,17,18). The molecule has 0 amide bonds. The number of imidazole rings is 1. The van der Waals surface area contributed by atoms with Gasteiger partial charge in [-0.05, 0) is 12.8 Å². The maximum absolute atomic E-state index is 10.7. The van der Waals surface area contributed by atoms with Crippen molar-refractivity contribution in [3.63, 3.8) is 0 Å². The first-order chi connectivity index (χ1) is 9.36. The summed E-state index contributed by atoms with van der Waals surface area (Å²) in [5.41, 5.74) is 1.14. The molecule has 1 aromatic rings. The molecule has 1 N–H and O–H groups in total. The molecule has 20 heavy (non-hydrogen) atoms. The summed E-state index contributed by atoms with van der Waals surface area (Å²) in [7, 11) is 1.70. The minimum atomic E-state index is -0.818. The Balaban J connectivity index is 2.82. The summed E-state index contributed by atoms with van der Waals surface area (Å²) in [5.74, 6) is -0.778. The van der Waals surface area contributed by atoms with Gasteiger partial charge in [0.15, 0.2) is 5.16 Å². The fourth-order valence-electron chi connectivity index (χ4n) is 1.93. The fraction of sp³-hybridized carbons (Fsp3) is 0.714. The minimum absolute atomic E-state index is 0.00368. The second-order valence-electron chi connectivity index (χ2n) is 5.71. The summed E-state index contributed by atoms with van der Waals surface area (Å²) in [4.78, 5) is 15.1. The summed E-state index contributed by atoms with van der Waals surface area (Å²) in [6.45, 7) is 8.01. The predicted molar refractivity (Wildman–Crippen MR) is 80.4 cm³/mol. The average Bonchev–Trinajstić information content (AvgIpc) is 2.75. The van der Waals surface area contributed by atoms with Crippen molar-refractivity contribution in [2.45, 2.75) is 50.7 Å². The lowest BCUT2D eigenvalue weighted by Crippen LogP contribution is -2.18. The topological polar surface area (TPSA) is 64.4 Å². The molecule has 0 aliphatic carbocycles. The zero-order valence-electron chi connectivity index (χ0n) is 12.7. The third kappa shape index (κ3) is 5.17. The Kier molecular flexibility index (Phi) is 6.55. The van der Waals surface area contributed by atoms with Crippen LogP contribution in [0, 0.1) is 0 Å². The summed E-state index contributed by atoms with van der Waals surface area (Å²) in [6.07, 6.45) is 3.84. The van der Waals surface area contributed by atoms with Gasteiger partial charge in [0.25, 0.3) is 0 Å². The molecule has 0 bridgehead atoms. The summed E-state index contributed by atoms with van der Waals surface area (Å²) >= 11 is 1.28. The molecule has 0 aliphatic heterocycles. The van der Waals surface area contributed by atoms with Crippen molar-refractivity contribution in [2.75, 3.05) is 19.5 Å². The first-order valence-electron chi connectivity index (χ1n) is 6.75. The van der Waals surface area contributed by atoms with E-state index in [9.17, 15) is 4.79 Å². The van der Waals surface area contributed by atoms with Crippen molar-refractivity contribution >= 4 is 17.7 Å². The second kappa shape index (κ2) is 7.69. The van der Waals surface area contributed by atoms with E-state index in [1.54, 1.807) is 7.11 Å².